The fourth-order valence-electron chi connectivity index (χ4n) is 3.77. The second-order valence-corrected chi connectivity index (χ2v) is 7.33. The van der Waals surface area contributed by atoms with Gasteiger partial charge in [0.2, 0.25) is 0 Å². The third-order valence-electron chi connectivity index (χ3n) is 5.47. The molecule has 1 amide bonds. The zero-order valence-electron chi connectivity index (χ0n) is 16.5. The summed E-state index contributed by atoms with van der Waals surface area (Å²) in [5.74, 6) is -0.539. The molecular weight excluding hydrogens is 379 g/mol. The number of fused-ring (bicyclic) bond motifs is 3. The SMILES string of the molecule is Cc1ncn(-c2cccc(NC(=O)c3cccc4c3[nH]c3ccc(F)cc34)c2)c1C. The number of para-hydroxylation sites is 1. The number of aromatic nitrogens is 3. The number of halogens is 1. The predicted octanol–water partition coefficient (Wildman–Crippen LogP) is 5.52. The molecule has 0 aliphatic heterocycles. The molecule has 0 aliphatic carbocycles. The number of rotatable bonds is 3. The van der Waals surface area contributed by atoms with Crippen LogP contribution in [0.25, 0.3) is 27.5 Å². The van der Waals surface area contributed by atoms with Crippen LogP contribution in [0.2, 0.25) is 0 Å². The molecule has 5 rings (SSSR count). The average molecular weight is 398 g/mol. The van der Waals surface area contributed by atoms with E-state index < -0.39 is 0 Å². The number of hydrogen-bond donors (Lipinski definition) is 2. The molecule has 6 heteroatoms. The number of aryl methyl sites for hydroxylation is 1. The standard InChI is InChI=1S/C24H19FN4O/c1-14-15(2)29(13-26-14)18-6-3-5-17(12-18)27-24(30)20-8-4-7-19-21-11-16(25)9-10-22(21)28-23(19)20/h3-13,28H,1-2H3,(H,27,30). The zero-order chi connectivity index (χ0) is 20.8. The molecular formula is C24H19FN4O. The maximum absolute atomic E-state index is 13.7. The number of amides is 1. The molecule has 0 radical (unpaired) electrons. The highest BCUT2D eigenvalue weighted by Crippen LogP contribution is 2.29. The number of nitrogens with one attached hydrogen (secondary N) is 2. The van der Waals surface area contributed by atoms with Crippen molar-refractivity contribution in [3.8, 4) is 5.69 Å². The first-order valence-electron chi connectivity index (χ1n) is 9.63. The molecule has 2 aromatic heterocycles. The van der Waals surface area contributed by atoms with Crippen molar-refractivity contribution in [2.45, 2.75) is 13.8 Å². The molecule has 0 saturated carbocycles. The van der Waals surface area contributed by atoms with E-state index in [-0.39, 0.29) is 11.7 Å². The summed E-state index contributed by atoms with van der Waals surface area (Å²) >= 11 is 0. The molecule has 5 nitrogen and oxygen atoms in total. The lowest BCUT2D eigenvalue weighted by molar-refractivity contribution is 0.102. The molecule has 3 aromatic carbocycles. The summed E-state index contributed by atoms with van der Waals surface area (Å²) < 4.78 is 15.7. The number of hydrogen-bond acceptors (Lipinski definition) is 2. The van der Waals surface area contributed by atoms with Gasteiger partial charge in [0.05, 0.1) is 23.1 Å². The van der Waals surface area contributed by atoms with Crippen LogP contribution in [-0.2, 0) is 0 Å². The van der Waals surface area contributed by atoms with Crippen molar-refractivity contribution >= 4 is 33.4 Å². The van der Waals surface area contributed by atoms with Gasteiger partial charge in [-0.15, -0.1) is 0 Å². The Morgan fingerprint density at radius 3 is 2.67 bits per heavy atom. The Balaban J connectivity index is 1.52. The minimum atomic E-state index is -0.305. The summed E-state index contributed by atoms with van der Waals surface area (Å²) in [6.07, 6.45) is 1.77. The highest BCUT2D eigenvalue weighted by molar-refractivity contribution is 6.17. The third kappa shape index (κ3) is 2.93. The van der Waals surface area contributed by atoms with Gasteiger partial charge >= 0.3 is 0 Å². The number of H-pyrrole nitrogens is 1. The van der Waals surface area contributed by atoms with E-state index in [2.05, 4.69) is 15.3 Å². The largest absolute Gasteiger partial charge is 0.354 e. The van der Waals surface area contributed by atoms with E-state index >= 15 is 0 Å². The first kappa shape index (κ1) is 18.1. The minimum Gasteiger partial charge on any atom is -0.354 e. The van der Waals surface area contributed by atoms with Crippen LogP contribution in [0.5, 0.6) is 0 Å². The maximum Gasteiger partial charge on any atom is 0.257 e. The van der Waals surface area contributed by atoms with Crippen molar-refractivity contribution in [2.24, 2.45) is 0 Å². The highest BCUT2D eigenvalue weighted by Gasteiger charge is 2.15. The van der Waals surface area contributed by atoms with Crippen LogP contribution in [0, 0.1) is 19.7 Å². The fourth-order valence-corrected chi connectivity index (χ4v) is 3.77. The van der Waals surface area contributed by atoms with Gasteiger partial charge in [-0.1, -0.05) is 18.2 Å². The van der Waals surface area contributed by atoms with E-state index in [1.165, 1.54) is 12.1 Å². The van der Waals surface area contributed by atoms with Crippen LogP contribution in [0.3, 0.4) is 0 Å². The van der Waals surface area contributed by atoms with Crippen molar-refractivity contribution in [1.29, 1.82) is 0 Å². The first-order valence-corrected chi connectivity index (χ1v) is 9.63. The van der Waals surface area contributed by atoms with Crippen LogP contribution in [-0.4, -0.2) is 20.4 Å². The third-order valence-corrected chi connectivity index (χ3v) is 5.47. The summed E-state index contributed by atoms with van der Waals surface area (Å²) in [4.78, 5) is 20.7. The highest BCUT2D eigenvalue weighted by atomic mass is 19.1. The fraction of sp³-hybridized carbons (Fsp3) is 0.0833. The van der Waals surface area contributed by atoms with Crippen molar-refractivity contribution in [3.63, 3.8) is 0 Å². The molecule has 0 unspecified atom stereocenters. The van der Waals surface area contributed by atoms with Crippen LogP contribution in [0.4, 0.5) is 10.1 Å². The molecule has 0 atom stereocenters. The second kappa shape index (κ2) is 6.84. The van der Waals surface area contributed by atoms with E-state index in [4.69, 9.17) is 0 Å². The van der Waals surface area contributed by atoms with Gasteiger partial charge in [-0.05, 0) is 56.3 Å². The van der Waals surface area contributed by atoms with Crippen LogP contribution >= 0.6 is 0 Å². The summed E-state index contributed by atoms with van der Waals surface area (Å²) in [5, 5.41) is 4.55. The number of benzene rings is 3. The van der Waals surface area contributed by atoms with Gasteiger partial charge in [0.1, 0.15) is 5.82 Å². The van der Waals surface area contributed by atoms with Gasteiger partial charge in [0.25, 0.3) is 5.91 Å². The summed E-state index contributed by atoms with van der Waals surface area (Å²) in [5.41, 5.74) is 5.60. The second-order valence-electron chi connectivity index (χ2n) is 7.33. The van der Waals surface area contributed by atoms with Gasteiger partial charge in [-0.2, -0.15) is 0 Å². The molecule has 2 N–H and O–H groups in total. The van der Waals surface area contributed by atoms with Crippen LogP contribution in [0.1, 0.15) is 21.7 Å². The Morgan fingerprint density at radius 2 is 1.87 bits per heavy atom. The predicted molar refractivity (Wildman–Crippen MR) is 117 cm³/mol. The maximum atomic E-state index is 13.7. The molecule has 148 valence electrons. The summed E-state index contributed by atoms with van der Waals surface area (Å²) in [6.45, 7) is 3.97. The van der Waals surface area contributed by atoms with Crippen LogP contribution in [0.15, 0.2) is 67.0 Å². The van der Waals surface area contributed by atoms with E-state index in [1.807, 2.05) is 54.8 Å². The molecule has 30 heavy (non-hydrogen) atoms. The molecule has 5 aromatic rings. The Kier molecular flexibility index (Phi) is 4.13. The molecule has 0 spiro atoms. The van der Waals surface area contributed by atoms with E-state index in [0.29, 0.717) is 16.8 Å². The van der Waals surface area contributed by atoms with Gasteiger partial charge in [-0.3, -0.25) is 4.79 Å². The monoisotopic (exact) mass is 398 g/mol. The molecule has 2 heterocycles. The number of carbonyl (C=O) groups is 1. The topological polar surface area (TPSA) is 62.7 Å². The molecule has 0 bridgehead atoms. The molecule has 0 saturated heterocycles. The lowest BCUT2D eigenvalue weighted by Crippen LogP contribution is -2.12. The van der Waals surface area contributed by atoms with Gasteiger partial charge in [-0.25, -0.2) is 9.37 Å². The Morgan fingerprint density at radius 1 is 1.03 bits per heavy atom. The normalized spacial score (nSPS) is 11.3. The lowest BCUT2D eigenvalue weighted by atomic mass is 10.1. The number of anilines is 1. The first-order chi connectivity index (χ1) is 14.5. The zero-order valence-corrected chi connectivity index (χ0v) is 16.5. The minimum absolute atomic E-state index is 0.233. The smallest absolute Gasteiger partial charge is 0.257 e. The molecule has 0 fully saturated rings. The Labute approximate surface area is 172 Å². The number of imidazole rings is 1. The quantitative estimate of drug-likeness (QED) is 0.421. The van der Waals surface area contributed by atoms with Gasteiger partial charge < -0.3 is 14.9 Å². The lowest BCUT2D eigenvalue weighted by Gasteiger charge is -2.10. The van der Waals surface area contributed by atoms with E-state index in [9.17, 15) is 9.18 Å². The van der Waals surface area contributed by atoms with Gasteiger partial charge in [0, 0.05) is 33.4 Å². The van der Waals surface area contributed by atoms with Crippen molar-refractivity contribution in [3.05, 3.63) is 89.8 Å². The van der Waals surface area contributed by atoms with Crippen molar-refractivity contribution in [1.82, 2.24) is 14.5 Å². The number of carbonyl (C=O) groups excluding carboxylic acids is 1. The van der Waals surface area contributed by atoms with E-state index in [1.54, 1.807) is 18.5 Å². The molecule has 0 aliphatic rings. The van der Waals surface area contributed by atoms with Crippen molar-refractivity contribution in [2.75, 3.05) is 5.32 Å². The Bertz CT molecular complexity index is 1430. The number of aromatic amines is 1. The van der Waals surface area contributed by atoms with Gasteiger partial charge in [0.15, 0.2) is 0 Å². The Hall–Kier alpha value is -3.93. The number of nitrogens with zero attached hydrogens (tertiary/aromatic N) is 2. The summed E-state index contributed by atoms with van der Waals surface area (Å²) in [7, 11) is 0. The average Bonchev–Trinajstić information content (AvgIpc) is 3.28. The van der Waals surface area contributed by atoms with E-state index in [0.717, 1.165) is 33.4 Å². The van der Waals surface area contributed by atoms with Crippen molar-refractivity contribution < 1.29 is 9.18 Å². The van der Waals surface area contributed by atoms with Crippen LogP contribution < -0.4 is 5.32 Å². The summed E-state index contributed by atoms with van der Waals surface area (Å²) in [6, 6.07) is 17.6.